The van der Waals surface area contributed by atoms with Crippen LogP contribution in [0.4, 0.5) is 0 Å². The first kappa shape index (κ1) is 15.0. The lowest BCUT2D eigenvalue weighted by atomic mass is 10.0. The summed E-state index contributed by atoms with van der Waals surface area (Å²) in [6, 6.07) is 8.35. The van der Waals surface area contributed by atoms with Crippen molar-refractivity contribution in [1.29, 1.82) is 0 Å². The molecular formula is C16H24N2O2. The van der Waals surface area contributed by atoms with Gasteiger partial charge in [0, 0.05) is 6.54 Å². The van der Waals surface area contributed by atoms with E-state index in [0.717, 1.165) is 24.8 Å². The molecule has 4 nitrogen and oxygen atoms in total. The minimum Gasteiger partial charge on any atom is -0.364 e. The molecule has 0 aromatic heterocycles. The Morgan fingerprint density at radius 3 is 2.65 bits per heavy atom. The Kier molecular flexibility index (Phi) is 5.15. The van der Waals surface area contributed by atoms with Crippen LogP contribution in [0.2, 0.25) is 0 Å². The monoisotopic (exact) mass is 276 g/mol. The van der Waals surface area contributed by atoms with Gasteiger partial charge in [-0.2, -0.15) is 0 Å². The van der Waals surface area contributed by atoms with E-state index in [2.05, 4.69) is 36.5 Å². The van der Waals surface area contributed by atoms with Crippen LogP contribution in [0.25, 0.3) is 0 Å². The van der Waals surface area contributed by atoms with Crippen LogP contribution in [0.15, 0.2) is 24.3 Å². The van der Waals surface area contributed by atoms with Gasteiger partial charge in [-0.3, -0.25) is 4.79 Å². The molecule has 0 spiro atoms. The largest absolute Gasteiger partial charge is 0.364 e. The van der Waals surface area contributed by atoms with Crippen LogP contribution in [0.3, 0.4) is 0 Å². The number of aryl methyl sites for hydroxylation is 1. The lowest BCUT2D eigenvalue weighted by molar-refractivity contribution is -0.132. The number of benzene rings is 1. The molecule has 0 radical (unpaired) electrons. The average molecular weight is 276 g/mol. The molecule has 1 fully saturated rings. The molecule has 1 saturated heterocycles. The Hall–Kier alpha value is -1.39. The van der Waals surface area contributed by atoms with Crippen molar-refractivity contribution in [3.05, 3.63) is 35.4 Å². The fraction of sp³-hybridized carbons (Fsp3) is 0.562. The first-order valence-corrected chi connectivity index (χ1v) is 7.38. The standard InChI is InChI=1S/C16H24N2O2/c1-3-12-4-6-13(7-5-12)11(2)18-16(19)15-9-8-14(10-17)20-15/h4-7,11,14-15H,3,8-10,17H2,1-2H3,(H,18,19). The predicted octanol–water partition coefficient (Wildman–Crippen LogP) is 1.93. The van der Waals surface area contributed by atoms with Crippen LogP contribution in [0, 0.1) is 0 Å². The van der Waals surface area contributed by atoms with Crippen LogP contribution in [-0.2, 0) is 16.0 Å². The molecular weight excluding hydrogens is 252 g/mol. The van der Waals surface area contributed by atoms with Gasteiger partial charge in [0.05, 0.1) is 12.1 Å². The molecule has 20 heavy (non-hydrogen) atoms. The number of hydrogen-bond donors (Lipinski definition) is 2. The molecule has 1 aromatic carbocycles. The Bertz CT molecular complexity index is 444. The lowest BCUT2D eigenvalue weighted by Crippen LogP contribution is -2.36. The van der Waals surface area contributed by atoms with Crippen LogP contribution >= 0.6 is 0 Å². The minimum atomic E-state index is -0.346. The number of hydrogen-bond acceptors (Lipinski definition) is 3. The highest BCUT2D eigenvalue weighted by molar-refractivity contribution is 5.81. The van der Waals surface area contributed by atoms with Crippen LogP contribution < -0.4 is 11.1 Å². The second-order valence-corrected chi connectivity index (χ2v) is 5.39. The van der Waals surface area contributed by atoms with Gasteiger partial charge in [-0.1, -0.05) is 31.2 Å². The van der Waals surface area contributed by atoms with E-state index in [4.69, 9.17) is 10.5 Å². The Balaban J connectivity index is 1.90. The molecule has 3 N–H and O–H groups in total. The van der Waals surface area contributed by atoms with Crippen molar-refractivity contribution < 1.29 is 9.53 Å². The number of nitrogens with one attached hydrogen (secondary N) is 1. The van der Waals surface area contributed by atoms with E-state index in [0.29, 0.717) is 6.54 Å². The molecule has 3 unspecified atom stereocenters. The summed E-state index contributed by atoms with van der Waals surface area (Å²) in [5.41, 5.74) is 7.98. The molecule has 3 atom stereocenters. The highest BCUT2D eigenvalue weighted by Gasteiger charge is 2.30. The summed E-state index contributed by atoms with van der Waals surface area (Å²) in [4.78, 5) is 12.1. The summed E-state index contributed by atoms with van der Waals surface area (Å²) in [6.45, 7) is 4.61. The van der Waals surface area contributed by atoms with Crippen molar-refractivity contribution >= 4 is 5.91 Å². The van der Waals surface area contributed by atoms with E-state index in [1.807, 2.05) is 6.92 Å². The third-order valence-corrected chi connectivity index (χ3v) is 3.91. The predicted molar refractivity (Wildman–Crippen MR) is 79.3 cm³/mol. The van der Waals surface area contributed by atoms with Crippen molar-refractivity contribution in [2.45, 2.75) is 51.4 Å². The van der Waals surface area contributed by atoms with Crippen molar-refractivity contribution in [1.82, 2.24) is 5.32 Å². The third-order valence-electron chi connectivity index (χ3n) is 3.91. The van der Waals surface area contributed by atoms with E-state index in [1.54, 1.807) is 0 Å². The van der Waals surface area contributed by atoms with Gasteiger partial charge in [0.1, 0.15) is 6.10 Å². The van der Waals surface area contributed by atoms with Crippen LogP contribution in [-0.4, -0.2) is 24.7 Å². The summed E-state index contributed by atoms with van der Waals surface area (Å²) < 4.78 is 5.61. The topological polar surface area (TPSA) is 64.4 Å². The molecule has 1 aliphatic rings. The maximum atomic E-state index is 12.1. The van der Waals surface area contributed by atoms with E-state index < -0.39 is 0 Å². The number of carbonyl (C=O) groups excluding carboxylic acids is 1. The number of rotatable bonds is 5. The van der Waals surface area contributed by atoms with Gasteiger partial charge in [0.15, 0.2) is 0 Å². The summed E-state index contributed by atoms with van der Waals surface area (Å²) in [5.74, 6) is -0.0342. The molecule has 0 aliphatic carbocycles. The molecule has 0 saturated carbocycles. The maximum absolute atomic E-state index is 12.1. The quantitative estimate of drug-likeness (QED) is 0.863. The van der Waals surface area contributed by atoms with Crippen LogP contribution in [0.5, 0.6) is 0 Å². The molecule has 2 rings (SSSR count). The number of ether oxygens (including phenoxy) is 1. The molecule has 4 heteroatoms. The van der Waals surface area contributed by atoms with Crippen LogP contribution in [0.1, 0.15) is 43.9 Å². The smallest absolute Gasteiger partial charge is 0.249 e. The summed E-state index contributed by atoms with van der Waals surface area (Å²) in [7, 11) is 0. The lowest BCUT2D eigenvalue weighted by Gasteiger charge is -2.18. The summed E-state index contributed by atoms with van der Waals surface area (Å²) in [5, 5.41) is 3.02. The Morgan fingerprint density at radius 2 is 2.10 bits per heavy atom. The van der Waals surface area contributed by atoms with Gasteiger partial charge in [0.25, 0.3) is 0 Å². The van der Waals surface area contributed by atoms with Gasteiger partial charge >= 0.3 is 0 Å². The normalized spacial score (nSPS) is 23.6. The molecule has 0 bridgehead atoms. The fourth-order valence-electron chi connectivity index (χ4n) is 2.50. The molecule has 1 aliphatic heterocycles. The maximum Gasteiger partial charge on any atom is 0.249 e. The zero-order chi connectivity index (χ0) is 14.5. The van der Waals surface area contributed by atoms with Gasteiger partial charge in [-0.05, 0) is 37.3 Å². The average Bonchev–Trinajstić information content (AvgIpc) is 2.96. The van der Waals surface area contributed by atoms with Gasteiger partial charge < -0.3 is 15.8 Å². The van der Waals surface area contributed by atoms with E-state index >= 15 is 0 Å². The Morgan fingerprint density at radius 1 is 1.40 bits per heavy atom. The first-order valence-electron chi connectivity index (χ1n) is 7.38. The zero-order valence-electron chi connectivity index (χ0n) is 12.3. The molecule has 1 amide bonds. The summed E-state index contributed by atoms with van der Waals surface area (Å²) in [6.07, 6.45) is 2.34. The second-order valence-electron chi connectivity index (χ2n) is 5.39. The van der Waals surface area contributed by atoms with Crippen molar-refractivity contribution in [3.8, 4) is 0 Å². The third kappa shape index (κ3) is 3.58. The minimum absolute atomic E-state index is 0.00562. The molecule has 1 aromatic rings. The number of amides is 1. The van der Waals surface area contributed by atoms with E-state index in [9.17, 15) is 4.79 Å². The van der Waals surface area contributed by atoms with Gasteiger partial charge in [-0.25, -0.2) is 0 Å². The highest BCUT2D eigenvalue weighted by atomic mass is 16.5. The Labute approximate surface area is 120 Å². The number of carbonyl (C=O) groups is 1. The van der Waals surface area contributed by atoms with Gasteiger partial charge in [-0.15, -0.1) is 0 Å². The van der Waals surface area contributed by atoms with Crippen molar-refractivity contribution in [3.63, 3.8) is 0 Å². The van der Waals surface area contributed by atoms with Crippen molar-refractivity contribution in [2.75, 3.05) is 6.54 Å². The van der Waals surface area contributed by atoms with Gasteiger partial charge in [0.2, 0.25) is 5.91 Å². The van der Waals surface area contributed by atoms with E-state index in [1.165, 1.54) is 5.56 Å². The fourth-order valence-corrected chi connectivity index (χ4v) is 2.50. The van der Waals surface area contributed by atoms with E-state index in [-0.39, 0.29) is 24.2 Å². The first-order chi connectivity index (χ1) is 9.63. The zero-order valence-corrected chi connectivity index (χ0v) is 12.3. The summed E-state index contributed by atoms with van der Waals surface area (Å²) >= 11 is 0. The molecule has 110 valence electrons. The van der Waals surface area contributed by atoms with Crippen molar-refractivity contribution in [2.24, 2.45) is 5.73 Å². The highest BCUT2D eigenvalue weighted by Crippen LogP contribution is 2.20. The SMILES string of the molecule is CCc1ccc(C(C)NC(=O)C2CCC(CN)O2)cc1. The molecule has 1 heterocycles. The second kappa shape index (κ2) is 6.86. The number of nitrogens with two attached hydrogens (primary N) is 1.